The molecule has 0 aliphatic heterocycles. The van der Waals surface area contributed by atoms with Crippen molar-refractivity contribution < 1.29 is 13.9 Å². The van der Waals surface area contributed by atoms with Crippen LogP contribution in [0, 0.1) is 25.5 Å². The molecule has 128 valence electrons. The van der Waals surface area contributed by atoms with E-state index in [-0.39, 0.29) is 18.1 Å². The van der Waals surface area contributed by atoms with E-state index in [0.717, 1.165) is 28.9 Å². The van der Waals surface area contributed by atoms with E-state index in [1.807, 2.05) is 32.0 Å². The van der Waals surface area contributed by atoms with Crippen molar-refractivity contribution in [2.24, 2.45) is 10.7 Å². The van der Waals surface area contributed by atoms with Crippen LogP contribution in [-0.4, -0.2) is 17.6 Å². The summed E-state index contributed by atoms with van der Waals surface area (Å²) in [7, 11) is 0. The molecule has 0 aliphatic rings. The summed E-state index contributed by atoms with van der Waals surface area (Å²) in [4.78, 5) is 4.06. The van der Waals surface area contributed by atoms with Gasteiger partial charge in [-0.25, -0.2) is 13.8 Å². The second kappa shape index (κ2) is 6.97. The van der Waals surface area contributed by atoms with Gasteiger partial charge >= 0.3 is 0 Å². The number of rotatable bonds is 4. The molecule has 4 nitrogen and oxygen atoms in total. The standard InChI is InChI=1S/C18H21F2N3O/c1-11-6-12(2)8-14(7-11)23-17(21)22-10-18(3,24)15-5-4-13(19)9-16(15)20/h4-9,24H,10H2,1-3H3,(H3,21,22,23). The first-order chi connectivity index (χ1) is 11.2. The van der Waals surface area contributed by atoms with Gasteiger partial charge in [-0.1, -0.05) is 12.1 Å². The minimum atomic E-state index is -1.60. The van der Waals surface area contributed by atoms with Crippen LogP contribution in [0.1, 0.15) is 23.6 Å². The third-order valence-electron chi connectivity index (χ3n) is 3.56. The van der Waals surface area contributed by atoms with Crippen molar-refractivity contribution in [3.05, 3.63) is 64.7 Å². The zero-order chi connectivity index (χ0) is 17.9. The van der Waals surface area contributed by atoms with Crippen LogP contribution in [0.25, 0.3) is 0 Å². The summed E-state index contributed by atoms with van der Waals surface area (Å²) in [5.41, 5.74) is 7.12. The molecule has 1 unspecified atom stereocenters. The molecule has 0 amide bonds. The van der Waals surface area contributed by atoms with Crippen molar-refractivity contribution in [1.29, 1.82) is 0 Å². The van der Waals surface area contributed by atoms with E-state index in [1.165, 1.54) is 13.0 Å². The number of guanidine groups is 1. The average Bonchev–Trinajstić information content (AvgIpc) is 2.43. The van der Waals surface area contributed by atoms with Crippen LogP contribution < -0.4 is 11.1 Å². The van der Waals surface area contributed by atoms with Crippen molar-refractivity contribution in [2.45, 2.75) is 26.4 Å². The second-order valence-corrected chi connectivity index (χ2v) is 6.10. The number of nitrogens with one attached hydrogen (secondary N) is 1. The Bertz CT molecular complexity index is 753. The molecule has 0 spiro atoms. The molecule has 1 atom stereocenters. The molecule has 0 saturated heterocycles. The number of hydrogen-bond acceptors (Lipinski definition) is 2. The number of nitrogens with zero attached hydrogens (tertiary/aromatic N) is 1. The summed E-state index contributed by atoms with van der Waals surface area (Å²) in [6.07, 6.45) is 0. The highest BCUT2D eigenvalue weighted by Crippen LogP contribution is 2.24. The van der Waals surface area contributed by atoms with E-state index in [9.17, 15) is 13.9 Å². The summed E-state index contributed by atoms with van der Waals surface area (Å²) >= 11 is 0. The van der Waals surface area contributed by atoms with Gasteiger partial charge in [0.1, 0.15) is 17.2 Å². The van der Waals surface area contributed by atoms with Crippen LogP contribution in [0.5, 0.6) is 0 Å². The molecule has 6 heteroatoms. The number of hydrogen-bond donors (Lipinski definition) is 3. The van der Waals surface area contributed by atoms with Crippen LogP contribution in [0.3, 0.4) is 0 Å². The zero-order valence-corrected chi connectivity index (χ0v) is 13.9. The molecule has 0 aliphatic carbocycles. The van der Waals surface area contributed by atoms with Gasteiger partial charge in [0, 0.05) is 17.3 Å². The van der Waals surface area contributed by atoms with Gasteiger partial charge in [0.25, 0.3) is 0 Å². The first kappa shape index (κ1) is 17.9. The summed E-state index contributed by atoms with van der Waals surface area (Å²) in [6, 6.07) is 8.87. The molecule has 4 N–H and O–H groups in total. The lowest BCUT2D eigenvalue weighted by atomic mass is 9.95. The minimum Gasteiger partial charge on any atom is -0.383 e. The number of halogens is 2. The van der Waals surface area contributed by atoms with Crippen molar-refractivity contribution in [3.8, 4) is 0 Å². The Balaban J connectivity index is 2.12. The van der Waals surface area contributed by atoms with E-state index in [2.05, 4.69) is 10.3 Å². The third kappa shape index (κ3) is 4.52. The molecular weight excluding hydrogens is 312 g/mol. The molecule has 0 saturated carbocycles. The Kier molecular flexibility index (Phi) is 5.19. The van der Waals surface area contributed by atoms with Crippen LogP contribution in [-0.2, 0) is 5.60 Å². The minimum absolute atomic E-state index is 0.0353. The number of benzene rings is 2. The van der Waals surface area contributed by atoms with Crippen molar-refractivity contribution in [3.63, 3.8) is 0 Å². The fourth-order valence-corrected chi connectivity index (χ4v) is 2.48. The monoisotopic (exact) mass is 333 g/mol. The van der Waals surface area contributed by atoms with Gasteiger partial charge in [-0.3, -0.25) is 0 Å². The molecule has 24 heavy (non-hydrogen) atoms. The maximum Gasteiger partial charge on any atom is 0.193 e. The lowest BCUT2D eigenvalue weighted by molar-refractivity contribution is 0.0634. The van der Waals surface area contributed by atoms with Gasteiger partial charge in [-0.05, 0) is 50.1 Å². The molecule has 0 radical (unpaired) electrons. The Morgan fingerprint density at radius 3 is 2.38 bits per heavy atom. The van der Waals surface area contributed by atoms with Gasteiger partial charge in [0.15, 0.2) is 5.96 Å². The molecular formula is C18H21F2N3O. The lowest BCUT2D eigenvalue weighted by Gasteiger charge is -2.22. The van der Waals surface area contributed by atoms with Crippen molar-refractivity contribution in [1.82, 2.24) is 0 Å². The Morgan fingerprint density at radius 2 is 1.79 bits per heavy atom. The predicted octanol–water partition coefficient (Wildman–Crippen LogP) is 3.22. The van der Waals surface area contributed by atoms with Crippen molar-refractivity contribution in [2.75, 3.05) is 11.9 Å². The SMILES string of the molecule is Cc1cc(C)cc(NC(N)=NCC(C)(O)c2ccc(F)cc2F)c1. The van der Waals surface area contributed by atoms with Crippen LogP contribution in [0.2, 0.25) is 0 Å². The number of aliphatic imine (C=N–C) groups is 1. The predicted molar refractivity (Wildman–Crippen MR) is 92.0 cm³/mol. The normalized spacial score (nSPS) is 14.3. The topological polar surface area (TPSA) is 70.6 Å². The molecule has 2 aromatic carbocycles. The summed E-state index contributed by atoms with van der Waals surface area (Å²) in [5, 5.41) is 13.3. The van der Waals surface area contributed by atoms with E-state index in [0.29, 0.717) is 0 Å². The average molecular weight is 333 g/mol. The van der Waals surface area contributed by atoms with Crippen LogP contribution >= 0.6 is 0 Å². The van der Waals surface area contributed by atoms with Crippen LogP contribution in [0.4, 0.5) is 14.5 Å². The van der Waals surface area contributed by atoms with E-state index < -0.39 is 17.2 Å². The highest BCUT2D eigenvalue weighted by molar-refractivity contribution is 5.92. The maximum absolute atomic E-state index is 13.8. The summed E-state index contributed by atoms with van der Waals surface area (Å²) < 4.78 is 26.8. The fraction of sp³-hybridized carbons (Fsp3) is 0.278. The number of aryl methyl sites for hydroxylation is 2. The molecule has 2 aromatic rings. The van der Waals surface area contributed by atoms with Gasteiger partial charge < -0.3 is 16.2 Å². The third-order valence-corrected chi connectivity index (χ3v) is 3.56. The van der Waals surface area contributed by atoms with Gasteiger partial charge in [0.2, 0.25) is 0 Å². The van der Waals surface area contributed by atoms with Gasteiger partial charge in [0.05, 0.1) is 6.54 Å². The van der Waals surface area contributed by atoms with E-state index in [4.69, 9.17) is 5.73 Å². The maximum atomic E-state index is 13.8. The molecule has 0 aromatic heterocycles. The second-order valence-electron chi connectivity index (χ2n) is 6.10. The Morgan fingerprint density at radius 1 is 1.17 bits per heavy atom. The zero-order valence-electron chi connectivity index (χ0n) is 13.9. The van der Waals surface area contributed by atoms with Gasteiger partial charge in [-0.2, -0.15) is 0 Å². The van der Waals surface area contributed by atoms with E-state index >= 15 is 0 Å². The smallest absolute Gasteiger partial charge is 0.193 e. The van der Waals surface area contributed by atoms with Gasteiger partial charge in [-0.15, -0.1) is 0 Å². The number of anilines is 1. The molecule has 0 fully saturated rings. The first-order valence-electron chi connectivity index (χ1n) is 7.50. The first-order valence-corrected chi connectivity index (χ1v) is 7.50. The fourth-order valence-electron chi connectivity index (χ4n) is 2.48. The quantitative estimate of drug-likeness (QED) is 0.594. The lowest BCUT2D eigenvalue weighted by Crippen LogP contribution is -2.30. The van der Waals surface area contributed by atoms with Crippen LogP contribution in [0.15, 0.2) is 41.4 Å². The van der Waals surface area contributed by atoms with Crippen molar-refractivity contribution >= 4 is 11.6 Å². The Hall–Kier alpha value is -2.47. The summed E-state index contributed by atoms with van der Waals surface area (Å²) in [5.74, 6) is -1.43. The number of nitrogens with two attached hydrogens (primary N) is 1. The highest BCUT2D eigenvalue weighted by atomic mass is 19.1. The molecule has 2 rings (SSSR count). The molecule has 0 heterocycles. The Labute approximate surface area is 140 Å². The van der Waals surface area contributed by atoms with E-state index in [1.54, 1.807) is 0 Å². The largest absolute Gasteiger partial charge is 0.383 e. The number of aliphatic hydroxyl groups is 1. The summed E-state index contributed by atoms with van der Waals surface area (Å²) in [6.45, 7) is 5.16. The molecule has 0 bridgehead atoms. The highest BCUT2D eigenvalue weighted by Gasteiger charge is 2.26.